The Bertz CT molecular complexity index is 695. The van der Waals surface area contributed by atoms with Gasteiger partial charge in [-0.3, -0.25) is 4.90 Å². The molecule has 0 aromatic heterocycles. The molecule has 4 heteroatoms. The van der Waals surface area contributed by atoms with Gasteiger partial charge in [0.25, 0.3) is 0 Å². The van der Waals surface area contributed by atoms with Crippen LogP contribution in [0, 0.1) is 0 Å². The Morgan fingerprint density at radius 1 is 0.963 bits per heavy atom. The van der Waals surface area contributed by atoms with Crippen LogP contribution < -0.4 is 0 Å². The fourth-order valence-corrected chi connectivity index (χ4v) is 3.83. The summed E-state index contributed by atoms with van der Waals surface area (Å²) in [5.74, 6) is 0.286. The third-order valence-corrected chi connectivity index (χ3v) is 5.45. The number of phenols is 1. The van der Waals surface area contributed by atoms with Crippen molar-refractivity contribution in [3.05, 3.63) is 65.2 Å². The minimum absolute atomic E-state index is 0. The number of phenolic OH excluding ortho intramolecular Hbond substituents is 1. The summed E-state index contributed by atoms with van der Waals surface area (Å²) in [6.07, 6.45) is 0.885. The van der Waals surface area contributed by atoms with E-state index in [0.29, 0.717) is 12.1 Å². The Hall–Kier alpha value is -1.19. The zero-order valence-electron chi connectivity index (χ0n) is 17.1. The Balaban J connectivity index is 0.00000364. The van der Waals surface area contributed by atoms with Crippen molar-refractivity contribution in [2.45, 2.75) is 65.1 Å². The van der Waals surface area contributed by atoms with Crippen molar-refractivity contribution in [3.8, 4) is 5.75 Å². The second-order valence-corrected chi connectivity index (χ2v) is 7.88. The number of benzene rings is 2. The van der Waals surface area contributed by atoms with Crippen molar-refractivity contribution in [2.75, 3.05) is 6.54 Å². The van der Waals surface area contributed by atoms with E-state index in [0.717, 1.165) is 24.1 Å². The van der Waals surface area contributed by atoms with Crippen LogP contribution in [-0.4, -0.2) is 33.7 Å². The van der Waals surface area contributed by atoms with Gasteiger partial charge >= 0.3 is 0 Å². The van der Waals surface area contributed by atoms with Crippen molar-refractivity contribution in [1.29, 1.82) is 0 Å². The van der Waals surface area contributed by atoms with Gasteiger partial charge in [0, 0.05) is 43.2 Å². The Kier molecular flexibility index (Phi) is 9.17. The van der Waals surface area contributed by atoms with Gasteiger partial charge in [-0.15, -0.1) is 0 Å². The Morgan fingerprint density at radius 2 is 1.56 bits per heavy atom. The molecule has 0 aliphatic rings. The molecule has 0 saturated carbocycles. The first kappa shape index (κ1) is 23.8. The number of nitrogens with zero attached hydrogens (tertiary/aromatic N) is 1. The molecule has 0 saturated heterocycles. The van der Waals surface area contributed by atoms with Crippen LogP contribution in [0.1, 0.15) is 57.7 Å². The van der Waals surface area contributed by atoms with Gasteiger partial charge < -0.3 is 10.2 Å². The van der Waals surface area contributed by atoms with E-state index in [1.807, 2.05) is 24.3 Å². The van der Waals surface area contributed by atoms with Gasteiger partial charge in [-0.25, -0.2) is 0 Å². The molecule has 27 heavy (non-hydrogen) atoms. The first-order valence-corrected chi connectivity index (χ1v) is 9.54. The van der Waals surface area contributed by atoms with Crippen LogP contribution in [0.15, 0.2) is 48.5 Å². The molecule has 0 fully saturated rings. The minimum atomic E-state index is -0.335. The van der Waals surface area contributed by atoms with E-state index >= 15 is 0 Å². The third kappa shape index (κ3) is 5.65. The molecule has 1 atom stereocenters. The van der Waals surface area contributed by atoms with Gasteiger partial charge in [-0.2, -0.15) is 0 Å². The van der Waals surface area contributed by atoms with E-state index in [-0.39, 0.29) is 37.9 Å². The molecule has 2 aromatic rings. The molecule has 0 aliphatic heterocycles. The molecule has 0 heterocycles. The van der Waals surface area contributed by atoms with E-state index in [1.165, 1.54) is 5.56 Å². The largest absolute Gasteiger partial charge is 0.508 e. The molecule has 2 N–H and O–H groups in total. The smallest absolute Gasteiger partial charge is 0.119 e. The average Bonchev–Trinajstić information content (AvgIpc) is 2.62. The SMILES string of the molecule is CC(C)N(CCC(C)(c1ccccc1)c1cc(CO)ccc1O)C(C)C.[Ir]. The van der Waals surface area contributed by atoms with Crippen LogP contribution in [0.4, 0.5) is 0 Å². The summed E-state index contributed by atoms with van der Waals surface area (Å²) in [5.41, 5.74) is 2.54. The van der Waals surface area contributed by atoms with Crippen molar-refractivity contribution in [2.24, 2.45) is 0 Å². The second-order valence-electron chi connectivity index (χ2n) is 7.88. The number of aliphatic hydroxyl groups is 1. The maximum atomic E-state index is 10.6. The summed E-state index contributed by atoms with van der Waals surface area (Å²) in [7, 11) is 0. The predicted octanol–water partition coefficient (Wildman–Crippen LogP) is 4.70. The van der Waals surface area contributed by atoms with E-state index in [1.54, 1.807) is 12.1 Å². The maximum Gasteiger partial charge on any atom is 0.119 e. The van der Waals surface area contributed by atoms with Crippen molar-refractivity contribution in [3.63, 3.8) is 0 Å². The van der Waals surface area contributed by atoms with E-state index in [4.69, 9.17) is 0 Å². The Labute approximate surface area is 177 Å². The van der Waals surface area contributed by atoms with Gasteiger partial charge in [0.1, 0.15) is 5.75 Å². The second kappa shape index (κ2) is 10.4. The summed E-state index contributed by atoms with van der Waals surface area (Å²) in [4.78, 5) is 2.48. The molecule has 2 rings (SSSR count). The number of rotatable bonds is 8. The molecule has 0 amide bonds. The van der Waals surface area contributed by atoms with Crippen LogP contribution in [0.3, 0.4) is 0 Å². The molecule has 2 aromatic carbocycles. The number of aliphatic hydroxyl groups excluding tert-OH is 1. The maximum absolute atomic E-state index is 10.6. The van der Waals surface area contributed by atoms with Crippen LogP contribution >= 0.6 is 0 Å². The zero-order chi connectivity index (χ0) is 19.3. The van der Waals surface area contributed by atoms with Crippen molar-refractivity contribution in [1.82, 2.24) is 4.90 Å². The summed E-state index contributed by atoms with van der Waals surface area (Å²) in [6.45, 7) is 12.0. The first-order chi connectivity index (χ1) is 12.3. The normalized spacial score (nSPS) is 13.7. The van der Waals surface area contributed by atoms with Gasteiger partial charge in [0.2, 0.25) is 0 Å². The standard InChI is InChI=1S/C23H33NO2.Ir/c1-17(2)24(18(3)4)14-13-23(5,20-9-7-6-8-10-20)21-15-19(16-25)11-12-22(21)26;/h6-12,15,17-18,25-26H,13-14,16H2,1-5H3;. The van der Waals surface area contributed by atoms with Crippen LogP contribution in [0.25, 0.3) is 0 Å². The molecule has 0 spiro atoms. The average molecular weight is 548 g/mol. The molecule has 1 radical (unpaired) electrons. The van der Waals surface area contributed by atoms with Gasteiger partial charge in [-0.1, -0.05) is 43.3 Å². The van der Waals surface area contributed by atoms with E-state index in [2.05, 4.69) is 51.7 Å². The molecule has 3 nitrogen and oxygen atoms in total. The summed E-state index contributed by atoms with van der Waals surface area (Å²) < 4.78 is 0. The quantitative estimate of drug-likeness (QED) is 0.504. The predicted molar refractivity (Wildman–Crippen MR) is 109 cm³/mol. The molecular formula is C23H33IrNO2. The van der Waals surface area contributed by atoms with Crippen molar-refractivity contribution >= 4 is 0 Å². The van der Waals surface area contributed by atoms with Gasteiger partial charge in [0.15, 0.2) is 0 Å². The fraction of sp³-hybridized carbons (Fsp3) is 0.478. The number of hydrogen-bond acceptors (Lipinski definition) is 3. The molecule has 151 valence electrons. The molecule has 0 bridgehead atoms. The number of hydrogen-bond donors (Lipinski definition) is 2. The topological polar surface area (TPSA) is 43.7 Å². The summed E-state index contributed by atoms with van der Waals surface area (Å²) in [6, 6.07) is 16.7. The summed E-state index contributed by atoms with van der Waals surface area (Å²) >= 11 is 0. The van der Waals surface area contributed by atoms with E-state index in [9.17, 15) is 10.2 Å². The number of aromatic hydroxyl groups is 1. The van der Waals surface area contributed by atoms with E-state index < -0.39 is 0 Å². The molecule has 1 unspecified atom stereocenters. The third-order valence-electron chi connectivity index (χ3n) is 5.45. The van der Waals surface area contributed by atoms with Gasteiger partial charge in [-0.05, 0) is 63.9 Å². The monoisotopic (exact) mass is 548 g/mol. The first-order valence-electron chi connectivity index (χ1n) is 9.54. The summed E-state index contributed by atoms with van der Waals surface area (Å²) in [5, 5.41) is 20.2. The molecule has 0 aliphatic carbocycles. The van der Waals surface area contributed by atoms with Gasteiger partial charge in [0.05, 0.1) is 6.61 Å². The fourth-order valence-electron chi connectivity index (χ4n) is 3.83. The van der Waals surface area contributed by atoms with Crippen LogP contribution in [-0.2, 0) is 32.1 Å². The zero-order valence-corrected chi connectivity index (χ0v) is 19.5. The van der Waals surface area contributed by atoms with Crippen molar-refractivity contribution < 1.29 is 30.3 Å². The van der Waals surface area contributed by atoms with Crippen LogP contribution in [0.2, 0.25) is 0 Å². The minimum Gasteiger partial charge on any atom is -0.508 e. The Morgan fingerprint density at radius 3 is 2.07 bits per heavy atom. The van der Waals surface area contributed by atoms with Crippen LogP contribution in [0.5, 0.6) is 5.75 Å². The molecular weight excluding hydrogens is 514 g/mol.